The number of carbonyl (C=O) groups excluding carboxylic acids is 1. The molecule has 144 valence electrons. The zero-order chi connectivity index (χ0) is 19.3. The first-order chi connectivity index (χ1) is 12.2. The minimum absolute atomic E-state index is 0.0471. The lowest BCUT2D eigenvalue weighted by Crippen LogP contribution is -2.36. The standard InChI is InChI=1S/C17H24N2O6S/c1-12(16(20)21)10-19(2)17(22)18-13-5-7-15(8-6-13)26(23,24)11-14-4-3-9-25-14/h5-8,12,14H,3-4,9-11H2,1-2H3,(H,18,22)(H,20,21). The van der Waals surface area contributed by atoms with Gasteiger partial charge in [-0.05, 0) is 37.1 Å². The molecule has 1 aromatic carbocycles. The largest absolute Gasteiger partial charge is 0.481 e. The van der Waals surface area contributed by atoms with Crippen LogP contribution in [0.4, 0.5) is 10.5 Å². The number of benzene rings is 1. The fourth-order valence-corrected chi connectivity index (χ4v) is 4.15. The molecule has 0 aromatic heterocycles. The van der Waals surface area contributed by atoms with Gasteiger partial charge in [-0.1, -0.05) is 6.92 Å². The van der Waals surface area contributed by atoms with E-state index in [-0.39, 0.29) is 23.3 Å². The summed E-state index contributed by atoms with van der Waals surface area (Å²) in [4.78, 5) is 24.4. The number of carbonyl (C=O) groups is 2. The minimum atomic E-state index is -3.44. The normalized spacial score (nSPS) is 18.3. The molecule has 0 aliphatic carbocycles. The molecule has 2 atom stereocenters. The van der Waals surface area contributed by atoms with Gasteiger partial charge in [-0.3, -0.25) is 4.79 Å². The number of ether oxygens (including phenoxy) is 1. The zero-order valence-corrected chi connectivity index (χ0v) is 15.7. The number of rotatable bonds is 7. The first kappa shape index (κ1) is 20.2. The maximum absolute atomic E-state index is 12.4. The summed E-state index contributed by atoms with van der Waals surface area (Å²) >= 11 is 0. The van der Waals surface area contributed by atoms with Gasteiger partial charge in [0.2, 0.25) is 0 Å². The van der Waals surface area contributed by atoms with Crippen LogP contribution in [0.5, 0.6) is 0 Å². The summed E-state index contributed by atoms with van der Waals surface area (Å²) < 4.78 is 30.1. The Morgan fingerprint density at radius 1 is 1.35 bits per heavy atom. The van der Waals surface area contributed by atoms with E-state index in [2.05, 4.69) is 5.32 Å². The molecule has 1 aliphatic heterocycles. The Kier molecular flexibility index (Phi) is 6.60. The van der Waals surface area contributed by atoms with Gasteiger partial charge in [-0.2, -0.15) is 0 Å². The van der Waals surface area contributed by atoms with E-state index in [1.54, 1.807) is 0 Å². The van der Waals surface area contributed by atoms with Gasteiger partial charge < -0.3 is 20.1 Å². The van der Waals surface area contributed by atoms with Crippen molar-refractivity contribution < 1.29 is 27.9 Å². The molecule has 8 nitrogen and oxygen atoms in total. The van der Waals surface area contributed by atoms with E-state index >= 15 is 0 Å². The first-order valence-corrected chi connectivity index (χ1v) is 10.0. The van der Waals surface area contributed by atoms with E-state index in [1.807, 2.05) is 0 Å². The molecule has 1 fully saturated rings. The highest BCUT2D eigenvalue weighted by atomic mass is 32.2. The van der Waals surface area contributed by atoms with Crippen LogP contribution in [0.25, 0.3) is 0 Å². The smallest absolute Gasteiger partial charge is 0.321 e. The van der Waals surface area contributed by atoms with Gasteiger partial charge in [-0.25, -0.2) is 13.2 Å². The molecule has 2 amide bonds. The molecule has 9 heteroatoms. The van der Waals surface area contributed by atoms with Crippen LogP contribution in [-0.4, -0.2) is 62.5 Å². The molecule has 2 unspecified atom stereocenters. The van der Waals surface area contributed by atoms with Gasteiger partial charge in [0.25, 0.3) is 0 Å². The third-order valence-corrected chi connectivity index (χ3v) is 6.01. The highest BCUT2D eigenvalue weighted by Crippen LogP contribution is 2.20. The van der Waals surface area contributed by atoms with E-state index in [1.165, 1.54) is 43.1 Å². The van der Waals surface area contributed by atoms with Crippen molar-refractivity contribution in [2.75, 3.05) is 31.3 Å². The van der Waals surface area contributed by atoms with Gasteiger partial charge in [0, 0.05) is 25.9 Å². The third kappa shape index (κ3) is 5.43. The summed E-state index contributed by atoms with van der Waals surface area (Å²) in [5.41, 5.74) is 0.431. The lowest BCUT2D eigenvalue weighted by atomic mass is 10.2. The summed E-state index contributed by atoms with van der Waals surface area (Å²) in [6.45, 7) is 2.17. The maximum Gasteiger partial charge on any atom is 0.321 e. The minimum Gasteiger partial charge on any atom is -0.481 e. The van der Waals surface area contributed by atoms with Crippen molar-refractivity contribution in [3.8, 4) is 0 Å². The quantitative estimate of drug-likeness (QED) is 0.741. The number of anilines is 1. The number of urea groups is 1. The van der Waals surface area contributed by atoms with E-state index in [9.17, 15) is 18.0 Å². The number of nitrogens with one attached hydrogen (secondary N) is 1. The summed E-state index contributed by atoms with van der Waals surface area (Å²) in [6.07, 6.45) is 1.36. The van der Waals surface area contributed by atoms with Crippen molar-refractivity contribution in [2.45, 2.75) is 30.8 Å². The molecule has 1 aromatic rings. The average Bonchev–Trinajstić information content (AvgIpc) is 3.07. The summed E-state index contributed by atoms with van der Waals surface area (Å²) in [5.74, 6) is -1.71. The number of carboxylic acid groups (broad SMARTS) is 1. The van der Waals surface area contributed by atoms with Crippen LogP contribution in [-0.2, 0) is 19.4 Å². The summed E-state index contributed by atoms with van der Waals surface area (Å²) in [7, 11) is -1.95. The predicted molar refractivity (Wildman–Crippen MR) is 95.9 cm³/mol. The number of amides is 2. The molecule has 2 N–H and O–H groups in total. The maximum atomic E-state index is 12.4. The fraction of sp³-hybridized carbons (Fsp3) is 0.529. The van der Waals surface area contributed by atoms with Crippen LogP contribution < -0.4 is 5.32 Å². The van der Waals surface area contributed by atoms with Crippen molar-refractivity contribution in [3.63, 3.8) is 0 Å². The van der Waals surface area contributed by atoms with E-state index in [4.69, 9.17) is 9.84 Å². The van der Waals surface area contributed by atoms with Crippen molar-refractivity contribution in [1.82, 2.24) is 4.90 Å². The second kappa shape index (κ2) is 8.50. The van der Waals surface area contributed by atoms with Crippen molar-refractivity contribution in [1.29, 1.82) is 0 Å². The van der Waals surface area contributed by atoms with Gasteiger partial charge >= 0.3 is 12.0 Å². The number of hydrogen-bond donors (Lipinski definition) is 2. The van der Waals surface area contributed by atoms with Crippen LogP contribution in [0.1, 0.15) is 19.8 Å². The lowest BCUT2D eigenvalue weighted by Gasteiger charge is -2.20. The van der Waals surface area contributed by atoms with Gasteiger partial charge in [-0.15, -0.1) is 0 Å². The van der Waals surface area contributed by atoms with E-state index in [0.717, 1.165) is 12.8 Å². The van der Waals surface area contributed by atoms with Crippen molar-refractivity contribution >= 4 is 27.5 Å². The Hall–Kier alpha value is -2.13. The highest BCUT2D eigenvalue weighted by Gasteiger charge is 2.25. The van der Waals surface area contributed by atoms with Crippen LogP contribution in [0.3, 0.4) is 0 Å². The monoisotopic (exact) mass is 384 g/mol. The van der Waals surface area contributed by atoms with Gasteiger partial charge in [0.15, 0.2) is 9.84 Å². The van der Waals surface area contributed by atoms with Crippen LogP contribution in [0.2, 0.25) is 0 Å². The molecule has 0 radical (unpaired) electrons. The first-order valence-electron chi connectivity index (χ1n) is 8.38. The molecule has 1 saturated heterocycles. The SMILES string of the molecule is CC(CN(C)C(=O)Nc1ccc(S(=O)(=O)CC2CCCO2)cc1)C(=O)O. The van der Waals surface area contributed by atoms with Crippen LogP contribution in [0, 0.1) is 5.92 Å². The van der Waals surface area contributed by atoms with Gasteiger partial charge in [0.05, 0.1) is 22.7 Å². The molecule has 0 bridgehead atoms. The molecule has 26 heavy (non-hydrogen) atoms. The molecular weight excluding hydrogens is 360 g/mol. The molecule has 2 rings (SSSR count). The Morgan fingerprint density at radius 2 is 2.00 bits per heavy atom. The van der Waals surface area contributed by atoms with E-state index < -0.39 is 27.8 Å². The Bertz CT molecular complexity index is 741. The molecule has 0 spiro atoms. The van der Waals surface area contributed by atoms with Crippen molar-refractivity contribution in [3.05, 3.63) is 24.3 Å². The second-order valence-corrected chi connectivity index (χ2v) is 8.53. The zero-order valence-electron chi connectivity index (χ0n) is 14.8. The number of hydrogen-bond acceptors (Lipinski definition) is 5. The van der Waals surface area contributed by atoms with E-state index in [0.29, 0.717) is 12.3 Å². The predicted octanol–water partition coefficient (Wildman–Crippen LogP) is 1.82. The number of aliphatic carboxylic acids is 1. The fourth-order valence-electron chi connectivity index (χ4n) is 2.65. The number of carboxylic acids is 1. The van der Waals surface area contributed by atoms with Crippen LogP contribution >= 0.6 is 0 Å². The molecule has 1 aliphatic rings. The van der Waals surface area contributed by atoms with Crippen LogP contribution in [0.15, 0.2) is 29.2 Å². The Morgan fingerprint density at radius 3 is 2.54 bits per heavy atom. The van der Waals surface area contributed by atoms with Crippen molar-refractivity contribution in [2.24, 2.45) is 5.92 Å². The topological polar surface area (TPSA) is 113 Å². The molecule has 1 heterocycles. The number of sulfone groups is 1. The number of nitrogens with zero attached hydrogens (tertiary/aromatic N) is 1. The Labute approximate surface area is 153 Å². The lowest BCUT2D eigenvalue weighted by molar-refractivity contribution is -0.141. The van der Waals surface area contributed by atoms with Gasteiger partial charge in [0.1, 0.15) is 0 Å². The Balaban J connectivity index is 1.96. The average molecular weight is 384 g/mol. The summed E-state index contributed by atoms with van der Waals surface area (Å²) in [5, 5.41) is 11.5. The summed E-state index contributed by atoms with van der Waals surface area (Å²) in [6, 6.07) is 5.44. The third-order valence-electron chi connectivity index (χ3n) is 4.21. The second-order valence-electron chi connectivity index (χ2n) is 6.49. The molecular formula is C17H24N2O6S. The highest BCUT2D eigenvalue weighted by molar-refractivity contribution is 7.91. The molecule has 0 saturated carbocycles.